The van der Waals surface area contributed by atoms with Crippen molar-refractivity contribution in [3.63, 3.8) is 0 Å². The summed E-state index contributed by atoms with van der Waals surface area (Å²) in [4.78, 5) is 8.83. The van der Waals surface area contributed by atoms with Crippen molar-refractivity contribution in [3.05, 3.63) is 60.3 Å². The molecule has 0 N–H and O–H groups in total. The number of rotatable bonds is 5. The zero-order valence-electron chi connectivity index (χ0n) is 14.2. The van der Waals surface area contributed by atoms with E-state index in [2.05, 4.69) is 27.5 Å². The van der Waals surface area contributed by atoms with Gasteiger partial charge in [-0.15, -0.1) is 0 Å². The van der Waals surface area contributed by atoms with Gasteiger partial charge in [-0.05, 0) is 30.2 Å². The Hall–Kier alpha value is -3.02. The lowest BCUT2D eigenvalue weighted by Gasteiger charge is -2.14. The molecule has 0 fully saturated rings. The lowest BCUT2D eigenvalue weighted by Crippen LogP contribution is -2.07. The number of hydrogen-bond acceptors (Lipinski definition) is 5. The van der Waals surface area contributed by atoms with Crippen LogP contribution in [0.3, 0.4) is 0 Å². The van der Waals surface area contributed by atoms with Crippen LogP contribution in [-0.2, 0) is 6.42 Å². The Bertz CT molecular complexity index is 874. The minimum atomic E-state index is 0.234. The molecule has 0 bridgehead atoms. The van der Waals surface area contributed by atoms with Crippen LogP contribution in [0.5, 0.6) is 17.4 Å². The minimum Gasteiger partial charge on any atom is -0.481 e. The molecular formula is C19H19N3O3. The molecule has 1 aromatic carbocycles. The molecule has 1 unspecified atom stereocenters. The maximum Gasteiger partial charge on any atom is 0.231 e. The fourth-order valence-electron chi connectivity index (χ4n) is 3.05. The van der Waals surface area contributed by atoms with Crippen LogP contribution < -0.4 is 14.2 Å². The van der Waals surface area contributed by atoms with Crippen molar-refractivity contribution in [2.24, 2.45) is 0 Å². The predicted molar refractivity (Wildman–Crippen MR) is 92.6 cm³/mol. The van der Waals surface area contributed by atoms with Crippen LogP contribution >= 0.6 is 0 Å². The van der Waals surface area contributed by atoms with E-state index in [1.807, 2.05) is 36.7 Å². The molecule has 3 aromatic rings. The van der Waals surface area contributed by atoms with Crippen LogP contribution in [0.25, 0.3) is 5.69 Å². The molecule has 6 heteroatoms. The van der Waals surface area contributed by atoms with Crippen molar-refractivity contribution in [2.45, 2.75) is 19.3 Å². The standard InChI is InChI=1S/C19H19N3O3/c1-13(9-14-3-5-16-17(10-14)25-12-24-16)19-20-7-8-22(19)15-4-6-18(23-2)21-11-15/h3-8,10-11,13H,9,12H2,1-2H3. The van der Waals surface area contributed by atoms with Crippen LogP contribution in [0, 0.1) is 0 Å². The highest BCUT2D eigenvalue weighted by molar-refractivity contribution is 5.45. The third-order valence-electron chi connectivity index (χ3n) is 4.30. The van der Waals surface area contributed by atoms with E-state index in [-0.39, 0.29) is 5.92 Å². The molecule has 0 spiro atoms. The second-order valence-corrected chi connectivity index (χ2v) is 6.01. The zero-order chi connectivity index (χ0) is 17.2. The molecule has 0 saturated heterocycles. The summed E-state index contributed by atoms with van der Waals surface area (Å²) in [6, 6.07) is 9.91. The number of hydrogen-bond donors (Lipinski definition) is 0. The fourth-order valence-corrected chi connectivity index (χ4v) is 3.05. The highest BCUT2D eigenvalue weighted by atomic mass is 16.7. The minimum absolute atomic E-state index is 0.234. The highest BCUT2D eigenvalue weighted by Crippen LogP contribution is 2.34. The molecule has 6 nitrogen and oxygen atoms in total. The van der Waals surface area contributed by atoms with Gasteiger partial charge in [0.1, 0.15) is 5.82 Å². The molecule has 1 aliphatic rings. The van der Waals surface area contributed by atoms with Gasteiger partial charge in [-0.2, -0.15) is 0 Å². The summed E-state index contributed by atoms with van der Waals surface area (Å²) in [5.41, 5.74) is 2.16. The molecule has 3 heterocycles. The second kappa shape index (κ2) is 6.47. The van der Waals surface area contributed by atoms with Gasteiger partial charge in [0.25, 0.3) is 0 Å². The lowest BCUT2D eigenvalue weighted by atomic mass is 10.00. The first kappa shape index (κ1) is 15.5. The van der Waals surface area contributed by atoms with Crippen LogP contribution in [0.15, 0.2) is 48.9 Å². The predicted octanol–water partition coefficient (Wildman–Crippen LogP) is 3.35. The second-order valence-electron chi connectivity index (χ2n) is 6.01. The molecule has 0 saturated carbocycles. The number of fused-ring (bicyclic) bond motifs is 1. The summed E-state index contributed by atoms with van der Waals surface area (Å²) < 4.78 is 18.0. The van der Waals surface area contributed by atoms with Crippen molar-refractivity contribution in [1.82, 2.24) is 14.5 Å². The van der Waals surface area contributed by atoms with Gasteiger partial charge in [0, 0.05) is 24.4 Å². The molecule has 0 amide bonds. The van der Waals surface area contributed by atoms with Crippen molar-refractivity contribution >= 4 is 0 Å². The summed E-state index contributed by atoms with van der Waals surface area (Å²) in [6.07, 6.45) is 6.42. The number of nitrogens with zero attached hydrogens (tertiary/aromatic N) is 3. The first-order chi connectivity index (χ1) is 12.2. The molecule has 1 aliphatic heterocycles. The van der Waals surface area contributed by atoms with Gasteiger partial charge in [0.15, 0.2) is 11.5 Å². The van der Waals surface area contributed by atoms with E-state index in [4.69, 9.17) is 14.2 Å². The van der Waals surface area contributed by atoms with Crippen molar-refractivity contribution < 1.29 is 14.2 Å². The van der Waals surface area contributed by atoms with Gasteiger partial charge in [-0.25, -0.2) is 9.97 Å². The Balaban J connectivity index is 1.56. The van der Waals surface area contributed by atoms with E-state index < -0.39 is 0 Å². The lowest BCUT2D eigenvalue weighted by molar-refractivity contribution is 0.174. The molecule has 0 aliphatic carbocycles. The molecule has 4 rings (SSSR count). The summed E-state index contributed by atoms with van der Waals surface area (Å²) in [7, 11) is 1.61. The van der Waals surface area contributed by atoms with Gasteiger partial charge in [0.2, 0.25) is 12.7 Å². The average Bonchev–Trinajstić information content (AvgIpc) is 3.30. The first-order valence-corrected chi connectivity index (χ1v) is 8.17. The van der Waals surface area contributed by atoms with E-state index in [1.165, 1.54) is 5.56 Å². The number of methoxy groups -OCH3 is 1. The van der Waals surface area contributed by atoms with E-state index in [0.717, 1.165) is 29.4 Å². The number of aromatic nitrogens is 3. The Morgan fingerprint density at radius 2 is 2.04 bits per heavy atom. The van der Waals surface area contributed by atoms with Gasteiger partial charge in [-0.1, -0.05) is 13.0 Å². The summed E-state index contributed by atoms with van der Waals surface area (Å²) in [5, 5.41) is 0. The van der Waals surface area contributed by atoms with Crippen molar-refractivity contribution in [1.29, 1.82) is 0 Å². The Morgan fingerprint density at radius 3 is 2.84 bits per heavy atom. The molecule has 25 heavy (non-hydrogen) atoms. The monoisotopic (exact) mass is 337 g/mol. The van der Waals surface area contributed by atoms with Gasteiger partial charge >= 0.3 is 0 Å². The molecular weight excluding hydrogens is 318 g/mol. The van der Waals surface area contributed by atoms with Crippen LogP contribution in [0.4, 0.5) is 0 Å². The SMILES string of the molecule is COc1ccc(-n2ccnc2C(C)Cc2ccc3c(c2)OCO3)cn1. The maximum atomic E-state index is 5.46. The van der Waals surface area contributed by atoms with Crippen molar-refractivity contribution in [3.8, 4) is 23.1 Å². The van der Waals surface area contributed by atoms with Crippen LogP contribution in [0.1, 0.15) is 24.2 Å². The van der Waals surface area contributed by atoms with Crippen LogP contribution in [-0.4, -0.2) is 28.4 Å². The Labute approximate surface area is 146 Å². The Kier molecular flexibility index (Phi) is 4.01. The normalized spacial score (nSPS) is 13.7. The van der Waals surface area contributed by atoms with Crippen molar-refractivity contribution in [2.75, 3.05) is 13.9 Å². The first-order valence-electron chi connectivity index (χ1n) is 8.17. The van der Waals surface area contributed by atoms with Crippen LogP contribution in [0.2, 0.25) is 0 Å². The number of pyridine rings is 1. The van der Waals surface area contributed by atoms with Gasteiger partial charge in [-0.3, -0.25) is 0 Å². The smallest absolute Gasteiger partial charge is 0.231 e. The Morgan fingerprint density at radius 1 is 1.16 bits per heavy atom. The third kappa shape index (κ3) is 3.03. The summed E-state index contributed by atoms with van der Waals surface area (Å²) in [5.74, 6) is 3.44. The molecule has 1 atom stereocenters. The van der Waals surface area contributed by atoms with E-state index in [0.29, 0.717) is 12.7 Å². The quantitative estimate of drug-likeness (QED) is 0.714. The largest absolute Gasteiger partial charge is 0.481 e. The summed E-state index contributed by atoms with van der Waals surface area (Å²) >= 11 is 0. The zero-order valence-corrected chi connectivity index (χ0v) is 14.2. The summed E-state index contributed by atoms with van der Waals surface area (Å²) in [6.45, 7) is 2.46. The molecule has 0 radical (unpaired) electrons. The average molecular weight is 337 g/mol. The molecule has 128 valence electrons. The van der Waals surface area contributed by atoms with E-state index in [1.54, 1.807) is 13.3 Å². The number of imidazole rings is 1. The highest BCUT2D eigenvalue weighted by Gasteiger charge is 2.17. The maximum absolute atomic E-state index is 5.46. The third-order valence-corrected chi connectivity index (χ3v) is 4.30. The topological polar surface area (TPSA) is 58.4 Å². The van der Waals surface area contributed by atoms with Gasteiger partial charge in [0.05, 0.1) is 19.0 Å². The number of benzene rings is 1. The fraction of sp³-hybridized carbons (Fsp3) is 0.263. The van der Waals surface area contributed by atoms with E-state index in [9.17, 15) is 0 Å². The molecule has 2 aromatic heterocycles. The number of ether oxygens (including phenoxy) is 3. The van der Waals surface area contributed by atoms with E-state index >= 15 is 0 Å². The van der Waals surface area contributed by atoms with Gasteiger partial charge < -0.3 is 18.8 Å².